The van der Waals surface area contributed by atoms with Gasteiger partial charge in [0.2, 0.25) is 0 Å². The van der Waals surface area contributed by atoms with Gasteiger partial charge in [0.25, 0.3) is 0 Å². The van der Waals surface area contributed by atoms with E-state index in [2.05, 4.69) is 39.8 Å². The summed E-state index contributed by atoms with van der Waals surface area (Å²) in [6, 6.07) is 4.14. The molecule has 0 aliphatic carbocycles. The summed E-state index contributed by atoms with van der Waals surface area (Å²) in [5.74, 6) is 3.19. The van der Waals surface area contributed by atoms with Crippen molar-refractivity contribution in [3.05, 3.63) is 23.7 Å². The molecular weight excluding hydrogens is 160 g/mol. The fourth-order valence-electron chi connectivity index (χ4n) is 0.989. The lowest BCUT2D eigenvalue weighted by molar-refractivity contribution is 0.432. The predicted molar refractivity (Wildman–Crippen MR) is 58.2 cm³/mol. The highest BCUT2D eigenvalue weighted by atomic mass is 16.3. The van der Waals surface area contributed by atoms with Crippen LogP contribution >= 0.6 is 0 Å². The smallest absolute Gasteiger partial charge is 0.106 e. The van der Waals surface area contributed by atoms with Crippen molar-refractivity contribution in [3.63, 3.8) is 0 Å². The molecule has 0 aliphatic rings. The van der Waals surface area contributed by atoms with Gasteiger partial charge in [-0.05, 0) is 12.1 Å². The Bertz CT molecular complexity index is 198. The molecule has 0 bridgehead atoms. The Hall–Kier alpha value is -0.720. The number of hydrogen-bond acceptors (Lipinski definition) is 1. The van der Waals surface area contributed by atoms with Gasteiger partial charge in [-0.2, -0.15) is 0 Å². The second-order valence-electron chi connectivity index (χ2n) is 3.55. The van der Waals surface area contributed by atoms with E-state index in [9.17, 15) is 0 Å². The molecule has 0 atom stereocenters. The van der Waals surface area contributed by atoms with Crippen LogP contribution in [0.1, 0.15) is 64.9 Å². The van der Waals surface area contributed by atoms with Crippen molar-refractivity contribution in [1.29, 1.82) is 0 Å². The molecule has 76 valence electrons. The van der Waals surface area contributed by atoms with E-state index in [0.29, 0.717) is 11.8 Å². The van der Waals surface area contributed by atoms with Gasteiger partial charge in [0.05, 0.1) is 0 Å². The third kappa shape index (κ3) is 3.67. The summed E-state index contributed by atoms with van der Waals surface area (Å²) in [5, 5.41) is 0. The van der Waals surface area contributed by atoms with Crippen LogP contribution in [0.4, 0.5) is 0 Å². The highest BCUT2D eigenvalue weighted by molar-refractivity contribution is 5.12. The normalized spacial score (nSPS) is 10.2. The first-order chi connectivity index (χ1) is 6.11. The molecule has 0 aliphatic heterocycles. The maximum absolute atomic E-state index is 5.61. The Morgan fingerprint density at radius 3 is 1.31 bits per heavy atom. The maximum atomic E-state index is 5.61. The largest absolute Gasteiger partial charge is 0.466 e. The summed E-state index contributed by atoms with van der Waals surface area (Å²) in [6.07, 6.45) is 0. The highest BCUT2D eigenvalue weighted by Gasteiger charge is 2.07. The van der Waals surface area contributed by atoms with Gasteiger partial charge >= 0.3 is 0 Å². The molecular formula is C12H22O. The molecule has 13 heavy (non-hydrogen) atoms. The lowest BCUT2D eigenvalue weighted by Crippen LogP contribution is -1.83. The minimum Gasteiger partial charge on any atom is -0.466 e. The van der Waals surface area contributed by atoms with E-state index in [-0.39, 0.29) is 0 Å². The summed E-state index contributed by atoms with van der Waals surface area (Å²) in [5.41, 5.74) is 0. The van der Waals surface area contributed by atoms with Gasteiger partial charge in [0.1, 0.15) is 11.5 Å². The SMILES string of the molecule is CC.CC(C)c1ccc(C(C)C)o1. The third-order valence-electron chi connectivity index (χ3n) is 1.79. The Balaban J connectivity index is 0.000000671. The van der Waals surface area contributed by atoms with Crippen LogP contribution in [0.25, 0.3) is 0 Å². The Morgan fingerprint density at radius 1 is 0.846 bits per heavy atom. The molecule has 1 aromatic heterocycles. The molecule has 1 heterocycles. The van der Waals surface area contributed by atoms with Crippen molar-refractivity contribution in [3.8, 4) is 0 Å². The minimum absolute atomic E-state index is 0.502. The molecule has 0 amide bonds. The fraction of sp³-hybridized carbons (Fsp3) is 0.667. The summed E-state index contributed by atoms with van der Waals surface area (Å²) in [6.45, 7) is 12.6. The van der Waals surface area contributed by atoms with E-state index < -0.39 is 0 Å². The molecule has 1 nitrogen and oxygen atoms in total. The molecule has 1 aromatic rings. The van der Waals surface area contributed by atoms with Gasteiger partial charge in [0.15, 0.2) is 0 Å². The molecule has 1 rings (SSSR count). The van der Waals surface area contributed by atoms with Gasteiger partial charge < -0.3 is 4.42 Å². The topological polar surface area (TPSA) is 13.1 Å². The van der Waals surface area contributed by atoms with Crippen molar-refractivity contribution in [1.82, 2.24) is 0 Å². The minimum atomic E-state index is 0.502. The number of hydrogen-bond donors (Lipinski definition) is 0. The first-order valence-electron chi connectivity index (χ1n) is 5.21. The quantitative estimate of drug-likeness (QED) is 0.653. The highest BCUT2D eigenvalue weighted by Crippen LogP contribution is 2.22. The Labute approximate surface area is 82.2 Å². The fourth-order valence-corrected chi connectivity index (χ4v) is 0.989. The molecule has 0 N–H and O–H groups in total. The van der Waals surface area contributed by atoms with Gasteiger partial charge in [-0.25, -0.2) is 0 Å². The molecule has 0 saturated heterocycles. The van der Waals surface area contributed by atoms with Crippen LogP contribution in [-0.2, 0) is 0 Å². The first-order valence-corrected chi connectivity index (χ1v) is 5.21. The van der Waals surface area contributed by atoms with E-state index in [1.807, 2.05) is 13.8 Å². The average molecular weight is 182 g/mol. The van der Waals surface area contributed by atoms with Crippen molar-refractivity contribution in [2.75, 3.05) is 0 Å². The van der Waals surface area contributed by atoms with Gasteiger partial charge in [-0.3, -0.25) is 0 Å². The monoisotopic (exact) mass is 182 g/mol. The third-order valence-corrected chi connectivity index (χ3v) is 1.79. The van der Waals surface area contributed by atoms with E-state index in [0.717, 1.165) is 11.5 Å². The van der Waals surface area contributed by atoms with Crippen LogP contribution < -0.4 is 0 Å². The van der Waals surface area contributed by atoms with Crippen LogP contribution in [0.3, 0.4) is 0 Å². The zero-order chi connectivity index (χ0) is 10.4. The summed E-state index contributed by atoms with van der Waals surface area (Å²) in [7, 11) is 0. The second-order valence-corrected chi connectivity index (χ2v) is 3.55. The van der Waals surface area contributed by atoms with Crippen LogP contribution in [0.15, 0.2) is 16.5 Å². The zero-order valence-corrected chi connectivity index (χ0v) is 9.72. The van der Waals surface area contributed by atoms with Crippen LogP contribution in [-0.4, -0.2) is 0 Å². The van der Waals surface area contributed by atoms with E-state index in [1.165, 1.54) is 0 Å². The molecule has 0 spiro atoms. The first kappa shape index (κ1) is 12.3. The molecule has 0 aromatic carbocycles. The Morgan fingerprint density at radius 2 is 1.15 bits per heavy atom. The van der Waals surface area contributed by atoms with E-state index in [1.54, 1.807) is 0 Å². The second kappa shape index (κ2) is 5.85. The lowest BCUT2D eigenvalue weighted by Gasteiger charge is -2.00. The average Bonchev–Trinajstić information content (AvgIpc) is 2.56. The number of furan rings is 1. The molecule has 0 unspecified atom stereocenters. The van der Waals surface area contributed by atoms with E-state index in [4.69, 9.17) is 4.42 Å². The molecule has 0 radical (unpaired) electrons. The van der Waals surface area contributed by atoms with Crippen molar-refractivity contribution < 1.29 is 4.42 Å². The van der Waals surface area contributed by atoms with Gasteiger partial charge in [-0.15, -0.1) is 0 Å². The zero-order valence-electron chi connectivity index (χ0n) is 9.72. The van der Waals surface area contributed by atoms with Gasteiger partial charge in [0, 0.05) is 11.8 Å². The Kier molecular flexibility index (Phi) is 5.52. The van der Waals surface area contributed by atoms with Crippen LogP contribution in [0, 0.1) is 0 Å². The number of rotatable bonds is 2. The summed E-state index contributed by atoms with van der Waals surface area (Å²) in [4.78, 5) is 0. The van der Waals surface area contributed by atoms with E-state index >= 15 is 0 Å². The van der Waals surface area contributed by atoms with Crippen molar-refractivity contribution in [2.24, 2.45) is 0 Å². The maximum Gasteiger partial charge on any atom is 0.106 e. The summed E-state index contributed by atoms with van der Waals surface area (Å²) < 4.78 is 5.61. The van der Waals surface area contributed by atoms with Crippen molar-refractivity contribution >= 4 is 0 Å². The van der Waals surface area contributed by atoms with Gasteiger partial charge in [-0.1, -0.05) is 41.5 Å². The molecule has 0 saturated carbocycles. The predicted octanol–water partition coefficient (Wildman–Crippen LogP) is 4.55. The summed E-state index contributed by atoms with van der Waals surface area (Å²) >= 11 is 0. The lowest BCUT2D eigenvalue weighted by atomic mass is 10.1. The van der Waals surface area contributed by atoms with Crippen LogP contribution in [0.2, 0.25) is 0 Å². The molecule has 1 heteroatoms. The van der Waals surface area contributed by atoms with Crippen molar-refractivity contribution in [2.45, 2.75) is 53.4 Å². The molecule has 0 fully saturated rings. The van der Waals surface area contributed by atoms with Crippen LogP contribution in [0.5, 0.6) is 0 Å². The standard InChI is InChI=1S/C10H16O.C2H6/c1-7(2)9-5-6-10(11-9)8(3)4;1-2/h5-8H,1-4H3;1-2H3.